The number of hydrogen-bond acceptors (Lipinski definition) is 2. The Balaban J connectivity index is 3.24. The highest BCUT2D eigenvalue weighted by Crippen LogP contribution is 2.32. The number of anilines is 1. The highest BCUT2D eigenvalue weighted by Gasteiger charge is 2.12. The molecule has 0 aliphatic carbocycles. The maximum absolute atomic E-state index is 3.94. The molecule has 1 rings (SSSR count). The van der Waals surface area contributed by atoms with Crippen LogP contribution in [0.25, 0.3) is 0 Å². The number of allylic oxidation sites excluding steroid dienone is 1. The molecule has 1 nitrogen and oxygen atoms in total. The van der Waals surface area contributed by atoms with Crippen molar-refractivity contribution in [1.29, 1.82) is 0 Å². The lowest BCUT2D eigenvalue weighted by Gasteiger charge is -2.22. The van der Waals surface area contributed by atoms with Crippen LogP contribution in [0.15, 0.2) is 35.7 Å². The van der Waals surface area contributed by atoms with Crippen LogP contribution in [0, 0.1) is 0 Å². The minimum Gasteiger partial charge on any atom is -0.377 e. The van der Waals surface area contributed by atoms with E-state index in [2.05, 4.69) is 57.0 Å². The molecule has 16 heavy (non-hydrogen) atoms. The normalized spacial score (nSPS) is 12.2. The maximum Gasteiger partial charge on any atom is 0.0400 e. The third kappa shape index (κ3) is 2.82. The molecule has 0 aliphatic heterocycles. The number of hydrogen-bond donors (Lipinski definition) is 0. The average molecular weight is 235 g/mol. The summed E-state index contributed by atoms with van der Waals surface area (Å²) in [6, 6.07) is 6.67. The lowest BCUT2D eigenvalue weighted by molar-refractivity contribution is 0.800. The molecule has 0 heterocycles. The fourth-order valence-electron chi connectivity index (χ4n) is 1.88. The van der Waals surface area contributed by atoms with Gasteiger partial charge >= 0.3 is 0 Å². The van der Waals surface area contributed by atoms with E-state index < -0.39 is 0 Å². The number of thioether (sulfide) groups is 1. The molecule has 1 aromatic rings. The van der Waals surface area contributed by atoms with Gasteiger partial charge in [-0.05, 0) is 36.4 Å². The third-order valence-electron chi connectivity index (χ3n) is 2.84. The van der Waals surface area contributed by atoms with Gasteiger partial charge in [0, 0.05) is 30.6 Å². The second-order valence-electron chi connectivity index (χ2n) is 4.07. The summed E-state index contributed by atoms with van der Waals surface area (Å²) in [7, 11) is 4.18. The zero-order valence-electron chi connectivity index (χ0n) is 10.7. The van der Waals surface area contributed by atoms with Crippen LogP contribution in [-0.4, -0.2) is 20.4 Å². The van der Waals surface area contributed by atoms with Crippen molar-refractivity contribution < 1.29 is 0 Å². The highest BCUT2D eigenvalue weighted by atomic mass is 32.2. The van der Waals surface area contributed by atoms with E-state index in [9.17, 15) is 0 Å². The van der Waals surface area contributed by atoms with Crippen molar-refractivity contribution in [2.24, 2.45) is 0 Å². The lowest BCUT2D eigenvalue weighted by atomic mass is 9.94. The van der Waals surface area contributed by atoms with Crippen molar-refractivity contribution >= 4 is 17.4 Å². The van der Waals surface area contributed by atoms with Crippen LogP contribution < -0.4 is 4.90 Å². The molecular weight excluding hydrogens is 214 g/mol. The van der Waals surface area contributed by atoms with Crippen molar-refractivity contribution in [3.8, 4) is 0 Å². The molecule has 0 aromatic heterocycles. The molecule has 0 fully saturated rings. The standard InChI is InChI=1S/C14H21NS/c1-6-11(7-2)13-10-12(16-5)8-9-14(13)15(3)4/h6,8-11H,1,7H2,2-5H3. The van der Waals surface area contributed by atoms with Gasteiger partial charge in [0.1, 0.15) is 0 Å². The monoisotopic (exact) mass is 235 g/mol. The zero-order valence-corrected chi connectivity index (χ0v) is 11.5. The molecule has 88 valence electrons. The van der Waals surface area contributed by atoms with Crippen LogP contribution in [0.2, 0.25) is 0 Å². The fraction of sp³-hybridized carbons (Fsp3) is 0.429. The van der Waals surface area contributed by atoms with Crippen molar-refractivity contribution in [2.75, 3.05) is 25.3 Å². The van der Waals surface area contributed by atoms with Gasteiger partial charge in [-0.25, -0.2) is 0 Å². The van der Waals surface area contributed by atoms with Crippen LogP contribution in [-0.2, 0) is 0 Å². The fourth-order valence-corrected chi connectivity index (χ4v) is 2.33. The smallest absolute Gasteiger partial charge is 0.0400 e. The van der Waals surface area contributed by atoms with Gasteiger partial charge in [-0.15, -0.1) is 18.3 Å². The number of nitrogens with zero attached hydrogens (tertiary/aromatic N) is 1. The molecule has 0 spiro atoms. The molecule has 0 saturated carbocycles. The second-order valence-corrected chi connectivity index (χ2v) is 4.95. The Bertz CT molecular complexity index is 358. The Morgan fingerprint density at radius 1 is 1.44 bits per heavy atom. The van der Waals surface area contributed by atoms with Crippen LogP contribution >= 0.6 is 11.8 Å². The summed E-state index contributed by atoms with van der Waals surface area (Å²) >= 11 is 1.79. The van der Waals surface area contributed by atoms with Crippen LogP contribution in [0.4, 0.5) is 5.69 Å². The lowest BCUT2D eigenvalue weighted by Crippen LogP contribution is -2.12. The van der Waals surface area contributed by atoms with Gasteiger partial charge in [-0.3, -0.25) is 0 Å². The van der Waals surface area contributed by atoms with Gasteiger partial charge in [0.05, 0.1) is 0 Å². The Hall–Kier alpha value is -0.890. The topological polar surface area (TPSA) is 3.24 Å². The van der Waals surface area contributed by atoms with Crippen LogP contribution in [0.5, 0.6) is 0 Å². The summed E-state index contributed by atoms with van der Waals surface area (Å²) in [6.45, 7) is 6.14. The largest absolute Gasteiger partial charge is 0.377 e. The molecule has 1 atom stereocenters. The van der Waals surface area contributed by atoms with E-state index in [-0.39, 0.29) is 0 Å². The van der Waals surface area contributed by atoms with Gasteiger partial charge in [-0.1, -0.05) is 13.0 Å². The van der Waals surface area contributed by atoms with E-state index in [0.717, 1.165) is 6.42 Å². The summed E-state index contributed by atoms with van der Waals surface area (Å²) < 4.78 is 0. The maximum atomic E-state index is 3.94. The van der Waals surface area contributed by atoms with E-state index in [1.54, 1.807) is 11.8 Å². The molecule has 0 N–H and O–H groups in total. The summed E-state index contributed by atoms with van der Waals surface area (Å²) in [4.78, 5) is 3.49. The number of benzene rings is 1. The number of rotatable bonds is 5. The molecule has 0 bridgehead atoms. The van der Waals surface area contributed by atoms with E-state index >= 15 is 0 Å². The summed E-state index contributed by atoms with van der Waals surface area (Å²) in [5, 5.41) is 0. The van der Waals surface area contributed by atoms with Gasteiger partial charge in [0.25, 0.3) is 0 Å². The van der Waals surface area contributed by atoms with E-state index in [1.165, 1.54) is 16.1 Å². The van der Waals surface area contributed by atoms with Crippen molar-refractivity contribution in [3.63, 3.8) is 0 Å². The average Bonchev–Trinajstić information content (AvgIpc) is 2.30. The van der Waals surface area contributed by atoms with Crippen molar-refractivity contribution in [2.45, 2.75) is 24.2 Å². The Labute approximate surface area is 104 Å². The Kier molecular flexibility index (Phi) is 4.94. The molecule has 0 aliphatic rings. The molecular formula is C14H21NS. The summed E-state index contributed by atoms with van der Waals surface area (Å²) in [5.41, 5.74) is 2.68. The first-order valence-electron chi connectivity index (χ1n) is 5.61. The van der Waals surface area contributed by atoms with Gasteiger partial charge in [0.2, 0.25) is 0 Å². The van der Waals surface area contributed by atoms with E-state index in [4.69, 9.17) is 0 Å². The van der Waals surface area contributed by atoms with E-state index in [1.807, 2.05) is 6.08 Å². The quantitative estimate of drug-likeness (QED) is 0.557. The predicted molar refractivity (Wildman–Crippen MR) is 75.8 cm³/mol. The SMILES string of the molecule is C=CC(CC)c1cc(SC)ccc1N(C)C. The molecule has 2 heteroatoms. The Morgan fingerprint density at radius 2 is 2.12 bits per heavy atom. The van der Waals surface area contributed by atoms with E-state index in [0.29, 0.717) is 5.92 Å². The minimum atomic E-state index is 0.449. The summed E-state index contributed by atoms with van der Waals surface area (Å²) in [5.74, 6) is 0.449. The first kappa shape index (κ1) is 13.2. The molecule has 0 radical (unpaired) electrons. The van der Waals surface area contributed by atoms with Gasteiger partial charge in [0.15, 0.2) is 0 Å². The summed E-state index contributed by atoms with van der Waals surface area (Å²) in [6.07, 6.45) is 5.26. The highest BCUT2D eigenvalue weighted by molar-refractivity contribution is 7.98. The van der Waals surface area contributed by atoms with Crippen molar-refractivity contribution in [3.05, 3.63) is 36.4 Å². The second kappa shape index (κ2) is 6.00. The molecule has 0 amide bonds. The first-order valence-corrected chi connectivity index (χ1v) is 6.84. The van der Waals surface area contributed by atoms with Crippen LogP contribution in [0.3, 0.4) is 0 Å². The van der Waals surface area contributed by atoms with Gasteiger partial charge in [-0.2, -0.15) is 0 Å². The predicted octanol–water partition coefficient (Wildman–Crippen LogP) is 4.15. The Morgan fingerprint density at radius 3 is 2.56 bits per heavy atom. The zero-order chi connectivity index (χ0) is 12.1. The van der Waals surface area contributed by atoms with Crippen molar-refractivity contribution in [1.82, 2.24) is 0 Å². The third-order valence-corrected chi connectivity index (χ3v) is 3.57. The molecule has 0 saturated heterocycles. The minimum absolute atomic E-state index is 0.449. The molecule has 1 aromatic carbocycles. The molecule has 1 unspecified atom stereocenters. The first-order chi connectivity index (χ1) is 7.63. The van der Waals surface area contributed by atoms with Crippen LogP contribution in [0.1, 0.15) is 24.8 Å². The van der Waals surface area contributed by atoms with Gasteiger partial charge < -0.3 is 4.90 Å².